The molecule has 28 heavy (non-hydrogen) atoms. The van der Waals surface area contributed by atoms with Crippen LogP contribution in [-0.2, 0) is 17.2 Å². The predicted molar refractivity (Wildman–Crippen MR) is 113 cm³/mol. The molecule has 0 bridgehead atoms. The lowest BCUT2D eigenvalue weighted by Crippen LogP contribution is -2.34. The molecule has 0 radical (unpaired) electrons. The molecule has 1 aliphatic carbocycles. The average molecular weight is 418 g/mol. The summed E-state index contributed by atoms with van der Waals surface area (Å²) in [4.78, 5) is 12.6. The molecule has 2 aromatic rings. The second-order valence-electron chi connectivity index (χ2n) is 7.91. The van der Waals surface area contributed by atoms with E-state index in [1.54, 1.807) is 0 Å². The Hall–Kier alpha value is -1.70. The predicted octanol–water partition coefficient (Wildman–Crippen LogP) is 2.69. The second kappa shape index (κ2) is 7.28. The Labute approximate surface area is 172 Å². The van der Waals surface area contributed by atoms with Crippen molar-refractivity contribution < 1.29 is 4.21 Å². The first-order chi connectivity index (χ1) is 13.6. The molecule has 6 nitrogen and oxygen atoms in total. The summed E-state index contributed by atoms with van der Waals surface area (Å²) in [6.07, 6.45) is 3.81. The van der Waals surface area contributed by atoms with Gasteiger partial charge in [-0.3, -0.25) is 4.21 Å². The Morgan fingerprint density at radius 2 is 1.89 bits per heavy atom. The molecular formula is C20H24ClN5OS. The highest BCUT2D eigenvalue weighted by Crippen LogP contribution is 2.35. The van der Waals surface area contributed by atoms with Crippen molar-refractivity contribution in [3.8, 4) is 0 Å². The first-order valence-electron chi connectivity index (χ1n) is 9.90. The van der Waals surface area contributed by atoms with Crippen LogP contribution in [0.3, 0.4) is 0 Å². The van der Waals surface area contributed by atoms with Crippen LogP contribution in [0.4, 0.5) is 11.8 Å². The molecule has 0 amide bonds. The molecule has 5 rings (SSSR count). The summed E-state index contributed by atoms with van der Waals surface area (Å²) in [6, 6.07) is 8.59. The number of nitrogens with zero attached hydrogens (tertiary/aromatic N) is 3. The van der Waals surface area contributed by atoms with E-state index in [0.717, 1.165) is 66.2 Å². The third kappa shape index (κ3) is 3.51. The van der Waals surface area contributed by atoms with E-state index in [9.17, 15) is 4.21 Å². The molecule has 148 valence electrons. The maximum atomic E-state index is 12.4. The van der Waals surface area contributed by atoms with Gasteiger partial charge >= 0.3 is 0 Å². The van der Waals surface area contributed by atoms with E-state index >= 15 is 0 Å². The van der Waals surface area contributed by atoms with Gasteiger partial charge in [0, 0.05) is 42.4 Å². The van der Waals surface area contributed by atoms with Gasteiger partial charge < -0.3 is 16.0 Å². The van der Waals surface area contributed by atoms with Crippen LogP contribution in [0, 0.1) is 0 Å². The van der Waals surface area contributed by atoms with Gasteiger partial charge in [0.05, 0.1) is 16.5 Å². The van der Waals surface area contributed by atoms with Crippen LogP contribution in [-0.4, -0.2) is 45.1 Å². The molecule has 1 aromatic carbocycles. The Balaban J connectivity index is 1.34. The number of aryl methyl sites for hydroxylation is 1. The largest absolute Gasteiger partial charge is 0.365 e. The van der Waals surface area contributed by atoms with Gasteiger partial charge in [-0.05, 0) is 42.9 Å². The Kier molecular flexibility index (Phi) is 4.77. The van der Waals surface area contributed by atoms with E-state index < -0.39 is 10.8 Å². The molecule has 3 aliphatic rings. The number of benzene rings is 1. The number of hydrogen-bond acceptors (Lipinski definition) is 6. The molecule has 2 fully saturated rings. The monoisotopic (exact) mass is 417 g/mol. The lowest BCUT2D eigenvalue weighted by Gasteiger charge is -2.32. The lowest BCUT2D eigenvalue weighted by atomic mass is 9.89. The topological polar surface area (TPSA) is 84.1 Å². The van der Waals surface area contributed by atoms with Gasteiger partial charge in [0.25, 0.3) is 0 Å². The lowest BCUT2D eigenvalue weighted by molar-refractivity contribution is 0.499. The van der Waals surface area contributed by atoms with Crippen LogP contribution in [0.5, 0.6) is 0 Å². The van der Waals surface area contributed by atoms with Crippen LogP contribution in [0.2, 0.25) is 5.02 Å². The maximum Gasteiger partial charge on any atom is 0.227 e. The smallest absolute Gasteiger partial charge is 0.227 e. The average Bonchev–Trinajstić information content (AvgIpc) is 3.26. The maximum absolute atomic E-state index is 12.4. The molecule has 1 saturated heterocycles. The molecule has 2 aliphatic heterocycles. The van der Waals surface area contributed by atoms with Crippen molar-refractivity contribution in [2.24, 2.45) is 5.73 Å². The van der Waals surface area contributed by atoms with Crippen LogP contribution < -0.4 is 16.0 Å². The summed E-state index contributed by atoms with van der Waals surface area (Å²) in [5.41, 5.74) is 8.23. The van der Waals surface area contributed by atoms with Crippen LogP contribution in [0.1, 0.15) is 36.4 Å². The summed E-state index contributed by atoms with van der Waals surface area (Å²) in [5.74, 6) is 2.66. The van der Waals surface area contributed by atoms with Crippen molar-refractivity contribution in [1.29, 1.82) is 0 Å². The summed E-state index contributed by atoms with van der Waals surface area (Å²) < 4.78 is 12.4. The Bertz CT molecular complexity index is 914. The Morgan fingerprint density at radius 3 is 2.57 bits per heavy atom. The van der Waals surface area contributed by atoms with Crippen molar-refractivity contribution in [3.63, 3.8) is 0 Å². The number of rotatable bonds is 4. The van der Waals surface area contributed by atoms with E-state index in [0.29, 0.717) is 11.7 Å². The number of halogens is 1. The molecule has 1 unspecified atom stereocenters. The summed E-state index contributed by atoms with van der Waals surface area (Å²) in [5, 5.41) is 4.19. The minimum absolute atomic E-state index is 0.166. The van der Waals surface area contributed by atoms with Gasteiger partial charge in [0.2, 0.25) is 5.95 Å². The fourth-order valence-electron chi connectivity index (χ4n) is 4.13. The zero-order valence-electron chi connectivity index (χ0n) is 15.6. The number of nitrogens with one attached hydrogen (secondary N) is 1. The standard InChI is InChI=1S/C20H24ClN5OS/c21-14-3-1-12(2-4-14)13-5-8-26(9-6-13)20-24-16-7-10-28(27)18(16)19(25-20)23-17-11-15(17)22/h1-4,13,15,17H,5-11,22H2,(H,23,24,25)/t15-,17+,28?/m1/s1. The highest BCUT2D eigenvalue weighted by molar-refractivity contribution is 7.85. The molecule has 3 N–H and O–H groups in total. The minimum atomic E-state index is -1.01. The molecule has 0 spiro atoms. The zero-order chi connectivity index (χ0) is 19.3. The molecule has 1 saturated carbocycles. The Morgan fingerprint density at radius 1 is 1.18 bits per heavy atom. The third-order valence-electron chi connectivity index (χ3n) is 5.96. The number of piperidine rings is 1. The van der Waals surface area contributed by atoms with E-state index in [1.807, 2.05) is 12.1 Å². The van der Waals surface area contributed by atoms with E-state index in [-0.39, 0.29) is 12.1 Å². The molecular weight excluding hydrogens is 394 g/mol. The van der Waals surface area contributed by atoms with Gasteiger partial charge in [0.1, 0.15) is 10.7 Å². The number of fused-ring (bicyclic) bond motifs is 1. The van der Waals surface area contributed by atoms with Crippen LogP contribution in [0.25, 0.3) is 0 Å². The van der Waals surface area contributed by atoms with Gasteiger partial charge in [-0.15, -0.1) is 0 Å². The highest BCUT2D eigenvalue weighted by atomic mass is 35.5. The fourth-order valence-corrected chi connectivity index (χ4v) is 5.57. The van der Waals surface area contributed by atoms with E-state index in [2.05, 4.69) is 22.3 Å². The first-order valence-corrected chi connectivity index (χ1v) is 11.6. The van der Waals surface area contributed by atoms with Gasteiger partial charge in [-0.25, -0.2) is 4.98 Å². The summed E-state index contributed by atoms with van der Waals surface area (Å²) in [7, 11) is -1.01. The second-order valence-corrected chi connectivity index (χ2v) is 9.85. The van der Waals surface area contributed by atoms with E-state index in [1.165, 1.54) is 5.56 Å². The van der Waals surface area contributed by atoms with Crippen molar-refractivity contribution in [2.45, 2.75) is 48.6 Å². The van der Waals surface area contributed by atoms with Gasteiger partial charge in [-0.1, -0.05) is 23.7 Å². The molecule has 3 atom stereocenters. The molecule has 8 heteroatoms. The number of nitrogens with two attached hydrogens (primary N) is 1. The quantitative estimate of drug-likeness (QED) is 0.795. The van der Waals surface area contributed by atoms with Crippen LogP contribution in [0.15, 0.2) is 29.2 Å². The summed E-state index contributed by atoms with van der Waals surface area (Å²) in [6.45, 7) is 1.83. The van der Waals surface area contributed by atoms with Crippen molar-refractivity contribution in [1.82, 2.24) is 9.97 Å². The minimum Gasteiger partial charge on any atom is -0.365 e. The SMILES string of the molecule is N[C@@H]1C[C@@H]1Nc1nc(N2CCC(c3ccc(Cl)cc3)CC2)nc2c1S(=O)CC2. The first kappa shape index (κ1) is 18.3. The highest BCUT2D eigenvalue weighted by Gasteiger charge is 2.36. The van der Waals surface area contributed by atoms with Crippen molar-refractivity contribution >= 4 is 34.2 Å². The van der Waals surface area contributed by atoms with Gasteiger partial charge in [-0.2, -0.15) is 4.98 Å². The van der Waals surface area contributed by atoms with Gasteiger partial charge in [0.15, 0.2) is 0 Å². The number of anilines is 2. The third-order valence-corrected chi connectivity index (χ3v) is 7.67. The normalized spacial score (nSPS) is 26.9. The van der Waals surface area contributed by atoms with Crippen molar-refractivity contribution in [2.75, 3.05) is 29.1 Å². The zero-order valence-corrected chi connectivity index (χ0v) is 17.2. The molecule has 3 heterocycles. The number of hydrogen-bond donors (Lipinski definition) is 2. The van der Waals surface area contributed by atoms with E-state index in [4.69, 9.17) is 27.3 Å². The van der Waals surface area contributed by atoms with Crippen LogP contribution >= 0.6 is 11.6 Å². The molecule has 1 aromatic heterocycles. The fraction of sp³-hybridized carbons (Fsp3) is 0.500. The number of aromatic nitrogens is 2. The van der Waals surface area contributed by atoms with Crippen molar-refractivity contribution in [3.05, 3.63) is 40.5 Å². The summed E-state index contributed by atoms with van der Waals surface area (Å²) >= 11 is 6.01.